The van der Waals surface area contributed by atoms with Gasteiger partial charge in [0.25, 0.3) is 0 Å². The van der Waals surface area contributed by atoms with Gasteiger partial charge in [0.1, 0.15) is 17.2 Å². The summed E-state index contributed by atoms with van der Waals surface area (Å²) in [5.74, 6) is 3.46. The molecule has 0 amide bonds. The van der Waals surface area contributed by atoms with Gasteiger partial charge < -0.3 is 10.5 Å². The quantitative estimate of drug-likeness (QED) is 0.548. The van der Waals surface area contributed by atoms with Crippen molar-refractivity contribution in [2.75, 3.05) is 5.73 Å². The number of aliphatic imine (C=N–C) groups is 1. The Labute approximate surface area is 202 Å². The number of nitrogens with one attached hydrogen (secondary N) is 1. The molecule has 0 saturated heterocycles. The van der Waals surface area contributed by atoms with E-state index in [9.17, 15) is 4.79 Å². The highest BCUT2D eigenvalue weighted by atomic mass is 32.1. The second-order valence-electron chi connectivity index (χ2n) is 9.80. The highest BCUT2D eigenvalue weighted by Crippen LogP contribution is 2.40. The number of ether oxygens (including phenoxy) is 1. The molecular formula is C25H30N6O2S. The lowest BCUT2D eigenvalue weighted by molar-refractivity contribution is 0.171. The van der Waals surface area contributed by atoms with Gasteiger partial charge in [0, 0.05) is 23.5 Å². The summed E-state index contributed by atoms with van der Waals surface area (Å²) in [6.07, 6.45) is 6.75. The van der Waals surface area contributed by atoms with E-state index in [0.717, 1.165) is 41.5 Å². The molecule has 1 fully saturated rings. The molecule has 9 heteroatoms. The third-order valence-electron chi connectivity index (χ3n) is 6.91. The maximum Gasteiger partial charge on any atom is 0.323 e. The second-order valence-corrected chi connectivity index (χ2v) is 10.5. The van der Waals surface area contributed by atoms with Gasteiger partial charge in [0.15, 0.2) is 11.5 Å². The van der Waals surface area contributed by atoms with Crippen LogP contribution in [0.1, 0.15) is 74.6 Å². The van der Waals surface area contributed by atoms with E-state index in [2.05, 4.69) is 43.6 Å². The zero-order chi connectivity index (χ0) is 23.9. The number of H-pyrrole nitrogens is 1. The first kappa shape index (κ1) is 22.7. The summed E-state index contributed by atoms with van der Waals surface area (Å²) < 4.78 is 10.4. The Kier molecular flexibility index (Phi) is 5.97. The largest absolute Gasteiger partial charge is 0.463 e. The van der Waals surface area contributed by atoms with Crippen LogP contribution >= 0.6 is 11.5 Å². The Morgan fingerprint density at radius 3 is 2.56 bits per heavy atom. The molecule has 3 heterocycles. The van der Waals surface area contributed by atoms with Crippen molar-refractivity contribution in [2.45, 2.75) is 70.8 Å². The van der Waals surface area contributed by atoms with Crippen LogP contribution in [0.2, 0.25) is 0 Å². The summed E-state index contributed by atoms with van der Waals surface area (Å²) in [7, 11) is 0. The molecule has 0 atom stereocenters. The molecule has 1 aliphatic carbocycles. The number of hydrogen-bond acceptors (Lipinski definition) is 8. The van der Waals surface area contributed by atoms with Crippen molar-refractivity contribution in [3.05, 3.63) is 56.7 Å². The Morgan fingerprint density at radius 1 is 1.15 bits per heavy atom. The number of nitrogens with zero attached hydrogens (tertiary/aromatic N) is 4. The number of aromatic nitrogens is 4. The molecule has 0 spiro atoms. The lowest BCUT2D eigenvalue weighted by atomic mass is 9.77. The third-order valence-corrected chi connectivity index (χ3v) is 7.49. The zero-order valence-electron chi connectivity index (χ0n) is 19.8. The van der Waals surface area contributed by atoms with Crippen molar-refractivity contribution in [2.24, 2.45) is 10.9 Å². The minimum atomic E-state index is -0.624. The molecule has 5 rings (SSSR count). The lowest BCUT2D eigenvalue weighted by Gasteiger charge is -2.32. The highest BCUT2D eigenvalue weighted by molar-refractivity contribution is 7.02. The molecule has 1 aromatic carbocycles. The average Bonchev–Trinajstić information content (AvgIpc) is 3.22. The van der Waals surface area contributed by atoms with E-state index in [1.54, 1.807) is 6.92 Å². The van der Waals surface area contributed by atoms with Gasteiger partial charge >= 0.3 is 4.87 Å². The predicted molar refractivity (Wildman–Crippen MR) is 134 cm³/mol. The number of aryl methyl sites for hydroxylation is 2. The Bertz CT molecular complexity index is 1270. The second kappa shape index (κ2) is 8.94. The van der Waals surface area contributed by atoms with E-state index in [1.165, 1.54) is 31.2 Å². The third kappa shape index (κ3) is 4.61. The van der Waals surface area contributed by atoms with Crippen LogP contribution in [0, 0.1) is 12.8 Å². The molecule has 8 nitrogen and oxygen atoms in total. The van der Waals surface area contributed by atoms with Gasteiger partial charge in [-0.05, 0) is 70.3 Å². The average molecular weight is 479 g/mol. The standard InChI is InChI=1S/C25H30N6O2S/c1-14-27-22(26)20-23(28-14)33-25(2,3)21(30-20)18-11-9-17(10-12-18)16-7-4-15(5-8-16)6-13-19-29-24(32)34-31-19/h9-12,15-16H,4-8,13H2,1-3H3,(H2,26,27,28)(H,29,31,32). The molecule has 0 unspecified atom stereocenters. The van der Waals surface area contributed by atoms with E-state index in [1.807, 2.05) is 13.8 Å². The van der Waals surface area contributed by atoms with Crippen LogP contribution in [-0.2, 0) is 6.42 Å². The maximum absolute atomic E-state index is 11.3. The van der Waals surface area contributed by atoms with Crippen molar-refractivity contribution in [3.8, 4) is 5.88 Å². The molecular weight excluding hydrogens is 448 g/mol. The number of anilines is 1. The van der Waals surface area contributed by atoms with Gasteiger partial charge in [-0.1, -0.05) is 24.3 Å². The molecule has 178 valence electrons. The highest BCUT2D eigenvalue weighted by Gasteiger charge is 2.35. The van der Waals surface area contributed by atoms with Gasteiger partial charge in [0.2, 0.25) is 5.88 Å². The fourth-order valence-electron chi connectivity index (χ4n) is 5.09. The van der Waals surface area contributed by atoms with Crippen LogP contribution in [-0.4, -0.2) is 30.6 Å². The number of hydrogen-bond donors (Lipinski definition) is 2. The fraction of sp³-hybridized carbons (Fsp3) is 0.480. The summed E-state index contributed by atoms with van der Waals surface area (Å²) >= 11 is 1.01. The summed E-state index contributed by atoms with van der Waals surface area (Å²) in [4.78, 5) is 27.4. The number of fused-ring (bicyclic) bond motifs is 1. The van der Waals surface area contributed by atoms with Gasteiger partial charge in [-0.15, -0.1) is 0 Å². The van der Waals surface area contributed by atoms with Gasteiger partial charge in [-0.25, -0.2) is 9.98 Å². The molecule has 0 radical (unpaired) electrons. The van der Waals surface area contributed by atoms with Crippen molar-refractivity contribution in [1.82, 2.24) is 19.3 Å². The number of rotatable bonds is 5. The Balaban J connectivity index is 1.26. The summed E-state index contributed by atoms with van der Waals surface area (Å²) in [5, 5.41) is 0. The number of nitrogens with two attached hydrogens (primary N) is 1. The minimum Gasteiger partial charge on any atom is -0.463 e. The first-order chi connectivity index (χ1) is 16.3. The molecule has 2 aromatic heterocycles. The van der Waals surface area contributed by atoms with Crippen LogP contribution in [0.4, 0.5) is 11.5 Å². The molecule has 0 bridgehead atoms. The van der Waals surface area contributed by atoms with Crippen molar-refractivity contribution >= 4 is 28.7 Å². The summed E-state index contributed by atoms with van der Waals surface area (Å²) in [6, 6.07) is 8.73. The van der Waals surface area contributed by atoms with Crippen LogP contribution in [0.3, 0.4) is 0 Å². The Morgan fingerprint density at radius 2 is 1.88 bits per heavy atom. The molecule has 2 aliphatic rings. The molecule has 3 N–H and O–H groups in total. The smallest absolute Gasteiger partial charge is 0.323 e. The normalized spacial score (nSPS) is 21.4. The van der Waals surface area contributed by atoms with E-state index < -0.39 is 5.60 Å². The van der Waals surface area contributed by atoms with Crippen molar-refractivity contribution in [3.63, 3.8) is 0 Å². The van der Waals surface area contributed by atoms with Crippen LogP contribution in [0.5, 0.6) is 5.88 Å². The van der Waals surface area contributed by atoms with Crippen molar-refractivity contribution < 1.29 is 4.74 Å². The van der Waals surface area contributed by atoms with Crippen molar-refractivity contribution in [1.29, 1.82) is 0 Å². The lowest BCUT2D eigenvalue weighted by Crippen LogP contribution is -2.41. The van der Waals surface area contributed by atoms with Gasteiger partial charge in [0.05, 0.1) is 5.71 Å². The van der Waals surface area contributed by atoms with E-state index in [4.69, 9.17) is 15.5 Å². The Hall–Kier alpha value is -3.07. The number of aromatic amines is 1. The van der Waals surface area contributed by atoms with Gasteiger partial charge in [-0.3, -0.25) is 9.78 Å². The number of nitrogen functional groups attached to an aromatic ring is 1. The maximum atomic E-state index is 11.3. The van der Waals surface area contributed by atoms with Crippen LogP contribution in [0.15, 0.2) is 34.1 Å². The summed E-state index contributed by atoms with van der Waals surface area (Å²) in [5.41, 5.74) is 9.20. The number of benzene rings is 1. The summed E-state index contributed by atoms with van der Waals surface area (Å²) in [6.45, 7) is 5.79. The first-order valence-electron chi connectivity index (χ1n) is 11.9. The van der Waals surface area contributed by atoms with E-state index in [-0.39, 0.29) is 4.87 Å². The molecule has 1 saturated carbocycles. The van der Waals surface area contributed by atoms with E-state index >= 15 is 0 Å². The molecule has 1 aliphatic heterocycles. The molecule has 34 heavy (non-hydrogen) atoms. The SMILES string of the molecule is Cc1nc(N)c2c(n1)OC(C)(C)C(c1ccc(C3CCC(CCc4nsc(=O)[nH]4)CC3)cc1)=N2. The molecule has 3 aromatic rings. The monoisotopic (exact) mass is 478 g/mol. The van der Waals surface area contributed by atoms with Crippen LogP contribution in [0.25, 0.3) is 0 Å². The van der Waals surface area contributed by atoms with E-state index in [0.29, 0.717) is 35.0 Å². The zero-order valence-corrected chi connectivity index (χ0v) is 20.6. The minimum absolute atomic E-state index is 0.0626. The first-order valence-corrected chi connectivity index (χ1v) is 12.6. The fourth-order valence-corrected chi connectivity index (χ4v) is 5.59. The topological polar surface area (TPSA) is 119 Å². The predicted octanol–water partition coefficient (Wildman–Crippen LogP) is 4.71. The van der Waals surface area contributed by atoms with Crippen LogP contribution < -0.4 is 15.3 Å². The van der Waals surface area contributed by atoms with Gasteiger partial charge in [-0.2, -0.15) is 9.36 Å².